The van der Waals surface area contributed by atoms with Gasteiger partial charge >= 0.3 is 35.8 Å². The maximum absolute atomic E-state index is 12.2. The second-order valence-electron chi connectivity index (χ2n) is 25.7. The second-order valence-corrected chi connectivity index (χ2v) is 25.7. The van der Waals surface area contributed by atoms with Gasteiger partial charge in [0.2, 0.25) is 0 Å². The van der Waals surface area contributed by atoms with Crippen LogP contribution in [0.4, 0.5) is 0 Å². The van der Waals surface area contributed by atoms with Gasteiger partial charge in [-0.25, -0.2) is 24.0 Å². The lowest BCUT2D eigenvalue weighted by molar-refractivity contribution is -0.163. The van der Waals surface area contributed by atoms with E-state index in [0.717, 1.165) is 96.6 Å². The molecule has 2 aliphatic rings. The summed E-state index contributed by atoms with van der Waals surface area (Å²) in [4.78, 5) is 133. The van der Waals surface area contributed by atoms with Crippen molar-refractivity contribution < 1.29 is 96.2 Å². The summed E-state index contributed by atoms with van der Waals surface area (Å²) in [5, 5.41) is 24.0. The van der Waals surface area contributed by atoms with E-state index in [4.69, 9.17) is 38.6 Å². The number of carboxylic acids is 2. The lowest BCUT2D eigenvalue weighted by Crippen LogP contribution is -2.33. The van der Waals surface area contributed by atoms with Crippen LogP contribution in [0.5, 0.6) is 11.5 Å². The smallest absolute Gasteiger partial charge is 0.344 e. The van der Waals surface area contributed by atoms with Crippen LogP contribution in [0.2, 0.25) is 0 Å². The molecule has 0 spiro atoms. The zero-order valence-electron chi connectivity index (χ0n) is 57.9. The number of carboxylic acid groups (broad SMARTS) is 2. The Morgan fingerprint density at radius 1 is 0.485 bits per heavy atom. The van der Waals surface area contributed by atoms with Crippen LogP contribution in [-0.2, 0) is 28.5 Å². The molecule has 10 aromatic rings. The van der Waals surface area contributed by atoms with Gasteiger partial charge in [-0.3, -0.25) is 33.6 Å². The van der Waals surface area contributed by atoms with Crippen LogP contribution in [0.3, 0.4) is 0 Å². The van der Waals surface area contributed by atoms with Crippen molar-refractivity contribution in [2.24, 2.45) is 0 Å². The van der Waals surface area contributed by atoms with Crippen molar-refractivity contribution in [3.05, 3.63) is 250 Å². The fourth-order valence-corrected chi connectivity index (χ4v) is 11.0. The molecular formula is C83H78O20. The number of rotatable bonds is 17. The van der Waals surface area contributed by atoms with E-state index in [0.29, 0.717) is 72.3 Å². The molecule has 1 unspecified atom stereocenters. The van der Waals surface area contributed by atoms with Gasteiger partial charge in [-0.1, -0.05) is 122 Å². The minimum absolute atomic E-state index is 0.0795. The number of fused-ring (bicyclic) bond motifs is 4. The predicted octanol–water partition coefficient (Wildman–Crippen LogP) is 16.3. The summed E-state index contributed by atoms with van der Waals surface area (Å²) in [6, 6.07) is 54.7. The van der Waals surface area contributed by atoms with Gasteiger partial charge in [0.05, 0.1) is 28.7 Å². The van der Waals surface area contributed by atoms with Gasteiger partial charge in [-0.15, -0.1) is 0 Å². The van der Waals surface area contributed by atoms with Crippen molar-refractivity contribution in [3.8, 4) is 11.5 Å². The summed E-state index contributed by atoms with van der Waals surface area (Å²) in [6.07, 6.45) is 8.81. The van der Waals surface area contributed by atoms with Gasteiger partial charge in [0.1, 0.15) is 59.9 Å². The van der Waals surface area contributed by atoms with E-state index in [9.17, 15) is 57.5 Å². The summed E-state index contributed by atoms with van der Waals surface area (Å²) in [5.41, 5.74) is 3.77. The van der Waals surface area contributed by atoms with Gasteiger partial charge in [-0.2, -0.15) is 0 Å². The second kappa shape index (κ2) is 36.7. The first-order valence-electron chi connectivity index (χ1n) is 32.8. The molecule has 1 atom stereocenters. The monoisotopic (exact) mass is 1390 g/mol. The molecule has 20 heteroatoms. The minimum Gasteiger partial charge on any atom is -0.488 e. The zero-order valence-corrected chi connectivity index (χ0v) is 57.9. The van der Waals surface area contributed by atoms with Crippen molar-refractivity contribution in [1.29, 1.82) is 0 Å². The maximum Gasteiger partial charge on any atom is 0.344 e. The molecule has 0 aromatic heterocycles. The Labute approximate surface area is 594 Å². The summed E-state index contributed by atoms with van der Waals surface area (Å²) in [6.45, 7) is 13.7. The first kappa shape index (κ1) is 78.0. The van der Waals surface area contributed by atoms with Crippen molar-refractivity contribution in [2.75, 3.05) is 13.2 Å². The van der Waals surface area contributed by atoms with Crippen LogP contribution < -0.4 is 9.47 Å². The molecule has 1 saturated heterocycles. The van der Waals surface area contributed by atoms with Crippen LogP contribution in [0.1, 0.15) is 191 Å². The van der Waals surface area contributed by atoms with Gasteiger partial charge in [-0.05, 0) is 190 Å². The molecule has 2 fully saturated rings. The van der Waals surface area contributed by atoms with E-state index in [-0.39, 0.29) is 46.9 Å². The third-order valence-electron chi connectivity index (χ3n) is 16.0. The topological polar surface area (TPSA) is 301 Å². The summed E-state index contributed by atoms with van der Waals surface area (Å²) < 4.78 is 32.0. The summed E-state index contributed by atoms with van der Waals surface area (Å²) in [7, 11) is 0. The maximum atomic E-state index is 12.2. The third-order valence-corrected chi connectivity index (χ3v) is 16.0. The van der Waals surface area contributed by atoms with E-state index in [1.807, 2.05) is 78.8 Å². The molecule has 12 rings (SSSR count). The lowest BCUT2D eigenvalue weighted by atomic mass is 9.99. The number of aromatic carboxylic acids is 2. The molecule has 2 N–H and O–H groups in total. The first-order valence-corrected chi connectivity index (χ1v) is 32.8. The number of carbonyl (C=O) groups is 12. The fraction of sp³-hybridized carbons (Fsp3) is 0.229. The average molecular weight is 1400 g/mol. The molecule has 1 saturated carbocycles. The van der Waals surface area contributed by atoms with Gasteiger partial charge in [0.15, 0.2) is 25.5 Å². The van der Waals surface area contributed by atoms with Gasteiger partial charge in [0, 0.05) is 38.8 Å². The van der Waals surface area contributed by atoms with Crippen LogP contribution in [0, 0.1) is 0 Å². The van der Waals surface area contributed by atoms with Crippen LogP contribution in [-0.4, -0.2) is 120 Å². The van der Waals surface area contributed by atoms with Crippen molar-refractivity contribution in [3.63, 3.8) is 0 Å². The molecule has 103 heavy (non-hydrogen) atoms. The van der Waals surface area contributed by atoms with Crippen LogP contribution in [0.15, 0.2) is 194 Å². The summed E-state index contributed by atoms with van der Waals surface area (Å²) >= 11 is 0. The zero-order chi connectivity index (χ0) is 74.9. The van der Waals surface area contributed by atoms with E-state index in [1.165, 1.54) is 42.5 Å². The Balaban J connectivity index is 0.000000175. The number of ether oxygens (including phenoxy) is 6. The quantitative estimate of drug-likeness (QED) is 0.0486. The normalized spacial score (nSPS) is 13.2. The van der Waals surface area contributed by atoms with E-state index in [1.54, 1.807) is 121 Å². The number of aldehydes is 6. The van der Waals surface area contributed by atoms with Gasteiger partial charge in [0.25, 0.3) is 0 Å². The van der Waals surface area contributed by atoms with E-state index in [2.05, 4.69) is 0 Å². The highest BCUT2D eigenvalue weighted by molar-refractivity contribution is 6.10. The number of hydrogen-bond acceptors (Lipinski definition) is 18. The highest BCUT2D eigenvalue weighted by Crippen LogP contribution is 2.36. The van der Waals surface area contributed by atoms with E-state index >= 15 is 0 Å². The molecule has 20 nitrogen and oxygen atoms in total. The van der Waals surface area contributed by atoms with E-state index < -0.39 is 42.6 Å². The van der Waals surface area contributed by atoms with Crippen LogP contribution in [0.25, 0.3) is 43.1 Å². The molecule has 0 radical (unpaired) electrons. The number of esters is 4. The lowest BCUT2D eigenvalue weighted by Gasteiger charge is -2.27. The molecule has 0 amide bonds. The Bertz CT molecular complexity index is 4720. The Morgan fingerprint density at radius 3 is 1.43 bits per heavy atom. The third kappa shape index (κ3) is 22.6. The molecule has 1 aliphatic carbocycles. The molecule has 0 bridgehead atoms. The number of hydrogen-bond donors (Lipinski definition) is 2. The average Bonchev–Trinajstić information content (AvgIpc) is 1.33. The first-order chi connectivity index (χ1) is 49.2. The highest BCUT2D eigenvalue weighted by Gasteiger charge is 2.36. The number of cyclic esters (lactones) is 1. The summed E-state index contributed by atoms with van der Waals surface area (Å²) in [5.74, 6) is -2.33. The number of carbonyl (C=O) groups excluding carboxylic acids is 10. The molecule has 530 valence electrons. The largest absolute Gasteiger partial charge is 0.488 e. The molecule has 10 aromatic carbocycles. The molecule has 1 heterocycles. The standard InChI is InChI=1S/C17H20O5.C16H12O5.C15H16O2.2C12H8O3.C11H14O2/c1-2-17(9-3-4-10-17)22-15(19)12-21-16(20)14-7-5-13(11-18)6-8-14;17-8-10-5-6-14(13-4-2-1-3-12(10)13)16(19)21-11-7-15(18)20-9-11;1-15(2,3)17-14-9-8-11(10-16)12-6-4-5-7-13(12)14;13-7-8-1-2-10-6-11(12(14)15)4-3-9(10)5-8;13-7-8-5-6-11(12(14)15)10-4-2-1-3-9(8)10;1-11(2,3)13-10-6-4-9(8-12)5-7-10/h5-8,11H,2-4,9-10,12H2,1H3;1-6,8,11H,7,9H2;4-10H,1-3H3;2*1-7H,(H,14,15);4-8H,1-3H3. The SMILES string of the molecule is CC(C)(C)Oc1ccc(C=O)c2ccccc12.CC(C)(C)Oc1ccc(C=O)cc1.CCC1(OC(=O)COC(=O)c2ccc(C=O)cc2)CCCC1.O=Cc1ccc(C(=O)O)c2ccccc12.O=Cc1ccc(C(=O)OC2COC(=O)C2)c2ccccc12.O=Cc1ccc2cc(C(=O)O)ccc2c1. The van der Waals surface area contributed by atoms with Crippen molar-refractivity contribution in [1.82, 2.24) is 0 Å². The minimum atomic E-state index is -0.983. The molecular weight excluding hydrogens is 1320 g/mol. The van der Waals surface area contributed by atoms with Crippen molar-refractivity contribution in [2.45, 2.75) is 110 Å². The highest BCUT2D eigenvalue weighted by atomic mass is 16.6. The Morgan fingerprint density at radius 2 is 0.942 bits per heavy atom. The Kier molecular flexibility index (Phi) is 27.8. The molecule has 1 aliphatic heterocycles. The van der Waals surface area contributed by atoms with Gasteiger partial charge < -0.3 is 38.6 Å². The van der Waals surface area contributed by atoms with Crippen LogP contribution >= 0.6 is 0 Å². The predicted molar refractivity (Wildman–Crippen MR) is 388 cm³/mol. The Hall–Kier alpha value is -12.3. The number of benzene rings is 10. The van der Waals surface area contributed by atoms with Crippen molar-refractivity contribution >= 4 is 117 Å². The fourth-order valence-electron chi connectivity index (χ4n) is 11.0.